The zero-order valence-electron chi connectivity index (χ0n) is 13.0. The molecule has 1 aromatic rings. The number of ether oxygens (including phenoxy) is 1. The number of nitrogens with zero attached hydrogens (tertiary/aromatic N) is 2. The Kier molecular flexibility index (Phi) is 5.86. The average molecular weight is 382 g/mol. The van der Waals surface area contributed by atoms with Gasteiger partial charge in [-0.15, -0.1) is 0 Å². The van der Waals surface area contributed by atoms with Crippen LogP contribution in [-0.2, 0) is 10.9 Å². The van der Waals surface area contributed by atoms with Crippen molar-refractivity contribution in [1.29, 1.82) is 5.26 Å². The van der Waals surface area contributed by atoms with E-state index in [1.807, 2.05) is 0 Å². The van der Waals surface area contributed by atoms with Gasteiger partial charge in [-0.2, -0.15) is 31.6 Å². The normalized spacial score (nSPS) is 18.8. The smallest absolute Gasteiger partial charge is 0.418 e. The number of hydrogen-bond donors (Lipinski definition) is 0. The molecule has 1 heterocycles. The Morgan fingerprint density at radius 1 is 1.27 bits per heavy atom. The molecular weight excluding hydrogens is 366 g/mol. The molecule has 0 bridgehead atoms. The predicted molar refractivity (Wildman–Crippen MR) is 80.5 cm³/mol. The number of benzene rings is 1. The molecule has 1 aliphatic rings. The van der Waals surface area contributed by atoms with Crippen molar-refractivity contribution >= 4 is 11.8 Å². The second-order valence-electron chi connectivity index (χ2n) is 5.59. The second-order valence-corrected chi connectivity index (χ2v) is 5.59. The maximum atomic E-state index is 13.2. The van der Waals surface area contributed by atoms with Crippen molar-refractivity contribution in [1.82, 2.24) is 0 Å². The molecule has 0 aliphatic carbocycles. The van der Waals surface area contributed by atoms with Crippen molar-refractivity contribution in [3.8, 4) is 6.07 Å². The number of halogens is 6. The second kappa shape index (κ2) is 7.05. The molecule has 1 saturated heterocycles. The van der Waals surface area contributed by atoms with E-state index in [4.69, 9.17) is 5.26 Å². The van der Waals surface area contributed by atoms with E-state index >= 15 is 0 Å². The molecule has 1 aromatic carbocycles. The van der Waals surface area contributed by atoms with Gasteiger partial charge in [-0.05, 0) is 24.6 Å². The largest absolute Gasteiger partial charge is 0.447 e. The summed E-state index contributed by atoms with van der Waals surface area (Å²) in [5, 5.41) is 8.86. The van der Waals surface area contributed by atoms with E-state index in [1.54, 1.807) is 0 Å². The van der Waals surface area contributed by atoms with E-state index < -0.39 is 53.7 Å². The minimum absolute atomic E-state index is 0. The summed E-state index contributed by atoms with van der Waals surface area (Å²) in [5.41, 5.74) is -2.84. The number of anilines is 1. The lowest BCUT2D eigenvalue weighted by atomic mass is 9.96. The molecule has 1 aliphatic heterocycles. The molecule has 0 N–H and O–H groups in total. The van der Waals surface area contributed by atoms with Crippen LogP contribution in [-0.4, -0.2) is 24.9 Å². The van der Waals surface area contributed by atoms with Crippen LogP contribution >= 0.6 is 0 Å². The summed E-state index contributed by atoms with van der Waals surface area (Å²) in [7, 11) is 0. The first kappa shape index (κ1) is 21.6. The van der Waals surface area contributed by atoms with Crippen LogP contribution < -0.4 is 4.90 Å². The highest BCUT2D eigenvalue weighted by Crippen LogP contribution is 2.41. The first-order valence-corrected chi connectivity index (χ1v) is 7.03. The van der Waals surface area contributed by atoms with Gasteiger partial charge in [0.2, 0.25) is 0 Å². The van der Waals surface area contributed by atoms with Gasteiger partial charge in [0, 0.05) is 0 Å². The fraction of sp³-hybridized carbons (Fsp3) is 0.500. The fourth-order valence-corrected chi connectivity index (χ4v) is 2.72. The number of rotatable bonds is 2. The van der Waals surface area contributed by atoms with Crippen LogP contribution in [0.15, 0.2) is 12.1 Å². The monoisotopic (exact) mass is 382 g/mol. The molecule has 2 atom stereocenters. The lowest BCUT2D eigenvalue weighted by Crippen LogP contribution is -2.44. The van der Waals surface area contributed by atoms with Gasteiger partial charge in [0.05, 0.1) is 34.8 Å². The van der Waals surface area contributed by atoms with Gasteiger partial charge >= 0.3 is 18.4 Å². The third-order valence-corrected chi connectivity index (χ3v) is 4.10. The van der Waals surface area contributed by atoms with E-state index in [-0.39, 0.29) is 13.1 Å². The summed E-state index contributed by atoms with van der Waals surface area (Å²) in [6, 6.07) is 1.74. The molecule has 2 rings (SSSR count). The van der Waals surface area contributed by atoms with Crippen molar-refractivity contribution in [2.45, 2.75) is 39.7 Å². The Morgan fingerprint density at radius 2 is 1.85 bits per heavy atom. The number of hydrogen-bond acceptors (Lipinski definition) is 3. The van der Waals surface area contributed by atoms with E-state index in [0.717, 1.165) is 26.0 Å². The van der Waals surface area contributed by atoms with Crippen LogP contribution in [0.1, 0.15) is 31.0 Å². The first-order chi connectivity index (χ1) is 11.4. The number of amides is 1. The molecular formula is C16H16F6N2O2. The quantitative estimate of drug-likeness (QED) is 0.673. The van der Waals surface area contributed by atoms with Crippen molar-refractivity contribution in [3.63, 3.8) is 0 Å². The van der Waals surface area contributed by atoms with Gasteiger partial charge in [0.25, 0.3) is 0 Å². The number of carbonyl (C=O) groups is 1. The third kappa shape index (κ3) is 3.71. The number of carbonyl (C=O) groups excluding carboxylic acids is 1. The minimum atomic E-state index is -4.90. The van der Waals surface area contributed by atoms with Crippen LogP contribution in [0.2, 0.25) is 0 Å². The molecule has 0 aromatic heterocycles. The van der Waals surface area contributed by atoms with Gasteiger partial charge < -0.3 is 4.74 Å². The van der Waals surface area contributed by atoms with Gasteiger partial charge in [-0.1, -0.05) is 14.4 Å². The Bertz CT molecular complexity index is 736. The standard InChI is InChI=1S/C15H12F6N2O2.CH4/c1-7-10(4-3-9(5-22)12(7)15(19,20)21)23-11(6-25-13(23)24)8(2)14(16,17)18;/h3-4,8,11H,6H2,1-2H3;1H4. The maximum absolute atomic E-state index is 13.2. The number of nitriles is 1. The van der Waals surface area contributed by atoms with Gasteiger partial charge in [-0.25, -0.2) is 4.79 Å². The molecule has 1 amide bonds. The summed E-state index contributed by atoms with van der Waals surface area (Å²) in [5.74, 6) is -2.01. The molecule has 4 nitrogen and oxygen atoms in total. The highest BCUT2D eigenvalue weighted by atomic mass is 19.4. The lowest BCUT2D eigenvalue weighted by Gasteiger charge is -2.30. The van der Waals surface area contributed by atoms with E-state index in [1.165, 1.54) is 6.07 Å². The average Bonchev–Trinajstić information content (AvgIpc) is 2.85. The van der Waals surface area contributed by atoms with Crippen molar-refractivity contribution < 1.29 is 35.9 Å². The van der Waals surface area contributed by atoms with E-state index in [9.17, 15) is 31.1 Å². The SMILES string of the molecule is C.Cc1c(N2C(=O)OCC2C(C)C(F)(F)F)ccc(C#N)c1C(F)(F)F. The van der Waals surface area contributed by atoms with Crippen molar-refractivity contribution in [2.24, 2.45) is 5.92 Å². The van der Waals surface area contributed by atoms with E-state index in [2.05, 4.69) is 4.74 Å². The maximum Gasteiger partial charge on any atom is 0.418 e. The first-order valence-electron chi connectivity index (χ1n) is 7.03. The van der Waals surface area contributed by atoms with Crippen LogP contribution in [0.5, 0.6) is 0 Å². The lowest BCUT2D eigenvalue weighted by molar-refractivity contribution is -0.174. The summed E-state index contributed by atoms with van der Waals surface area (Å²) < 4.78 is 83.3. The predicted octanol–water partition coefficient (Wildman–Crippen LogP) is 5.05. The van der Waals surface area contributed by atoms with E-state index in [0.29, 0.717) is 4.90 Å². The van der Waals surface area contributed by atoms with Crippen molar-refractivity contribution in [2.75, 3.05) is 11.5 Å². The van der Waals surface area contributed by atoms with Crippen LogP contribution in [0.3, 0.4) is 0 Å². The molecule has 1 fully saturated rings. The highest BCUT2D eigenvalue weighted by Gasteiger charge is 2.50. The van der Waals surface area contributed by atoms with Gasteiger partial charge in [0.15, 0.2) is 0 Å². The van der Waals surface area contributed by atoms with Crippen LogP contribution in [0, 0.1) is 24.2 Å². The van der Waals surface area contributed by atoms with Crippen LogP contribution in [0.25, 0.3) is 0 Å². The molecule has 26 heavy (non-hydrogen) atoms. The number of cyclic esters (lactones) is 1. The molecule has 0 saturated carbocycles. The van der Waals surface area contributed by atoms with Gasteiger partial charge in [-0.3, -0.25) is 4.90 Å². The molecule has 0 spiro atoms. The minimum Gasteiger partial charge on any atom is -0.447 e. The summed E-state index contributed by atoms with van der Waals surface area (Å²) >= 11 is 0. The zero-order chi connectivity index (χ0) is 19.2. The Hall–Kier alpha value is -2.44. The van der Waals surface area contributed by atoms with Gasteiger partial charge in [0.1, 0.15) is 6.61 Å². The Morgan fingerprint density at radius 3 is 2.31 bits per heavy atom. The zero-order valence-corrected chi connectivity index (χ0v) is 13.0. The summed E-state index contributed by atoms with van der Waals surface area (Å²) in [4.78, 5) is 12.4. The molecule has 144 valence electrons. The van der Waals surface area contributed by atoms with Crippen molar-refractivity contribution in [3.05, 3.63) is 28.8 Å². The highest BCUT2D eigenvalue weighted by molar-refractivity contribution is 5.91. The molecule has 10 heteroatoms. The number of alkyl halides is 6. The third-order valence-electron chi connectivity index (χ3n) is 4.10. The summed E-state index contributed by atoms with van der Waals surface area (Å²) in [6.45, 7) is 1.23. The molecule has 2 unspecified atom stereocenters. The summed E-state index contributed by atoms with van der Waals surface area (Å²) in [6.07, 6.45) is -10.7. The topological polar surface area (TPSA) is 53.3 Å². The Labute approximate surface area is 146 Å². The Balaban J connectivity index is 0.00000338. The van der Waals surface area contributed by atoms with Crippen LogP contribution in [0.4, 0.5) is 36.8 Å². The molecule has 0 radical (unpaired) electrons. The fourth-order valence-electron chi connectivity index (χ4n) is 2.72.